The summed E-state index contributed by atoms with van der Waals surface area (Å²) in [6, 6.07) is 9.10. The van der Waals surface area contributed by atoms with Gasteiger partial charge in [-0.05, 0) is 38.8 Å². The summed E-state index contributed by atoms with van der Waals surface area (Å²) >= 11 is 0. The third-order valence-corrected chi connectivity index (χ3v) is 3.10. The van der Waals surface area contributed by atoms with Crippen molar-refractivity contribution in [2.24, 2.45) is 0 Å². The lowest BCUT2D eigenvalue weighted by atomic mass is 10.1. The first-order chi connectivity index (χ1) is 8.74. The maximum absolute atomic E-state index is 5.54. The Bertz CT molecular complexity index is 325. The molecule has 18 heavy (non-hydrogen) atoms. The molecule has 0 bridgehead atoms. The molecule has 1 aromatic rings. The molecule has 0 aromatic heterocycles. The van der Waals surface area contributed by atoms with Crippen LogP contribution in [-0.4, -0.2) is 19.8 Å². The van der Waals surface area contributed by atoms with E-state index in [0.717, 1.165) is 26.2 Å². The van der Waals surface area contributed by atoms with Crippen LogP contribution in [-0.2, 0) is 4.74 Å². The zero-order valence-corrected chi connectivity index (χ0v) is 12.0. The monoisotopic (exact) mass is 249 g/mol. The van der Waals surface area contributed by atoms with Crippen molar-refractivity contribution in [2.45, 2.75) is 46.1 Å². The van der Waals surface area contributed by atoms with Crippen molar-refractivity contribution in [1.82, 2.24) is 5.32 Å². The van der Waals surface area contributed by atoms with E-state index in [4.69, 9.17) is 4.74 Å². The molecule has 102 valence electrons. The van der Waals surface area contributed by atoms with Gasteiger partial charge in [-0.2, -0.15) is 0 Å². The van der Waals surface area contributed by atoms with Crippen molar-refractivity contribution in [1.29, 1.82) is 0 Å². The van der Waals surface area contributed by atoms with Crippen LogP contribution in [0.1, 0.15) is 50.3 Å². The Morgan fingerprint density at radius 3 is 2.72 bits per heavy atom. The fraction of sp³-hybridized carbons (Fsp3) is 0.625. The molecule has 0 spiro atoms. The molecule has 0 aliphatic carbocycles. The third kappa shape index (κ3) is 6.18. The van der Waals surface area contributed by atoms with Crippen molar-refractivity contribution in [2.75, 3.05) is 19.8 Å². The normalized spacial score (nSPS) is 12.6. The standard InChI is InChI=1S/C16H27NO/c1-4-5-11-18-12-7-10-17-15(3)16-9-6-8-14(2)13-16/h6,8-9,13,15,17H,4-5,7,10-12H2,1-3H3. The summed E-state index contributed by atoms with van der Waals surface area (Å²) in [7, 11) is 0. The molecule has 1 unspecified atom stereocenters. The molecule has 0 fully saturated rings. The number of nitrogens with one attached hydrogen (secondary N) is 1. The highest BCUT2D eigenvalue weighted by molar-refractivity contribution is 5.24. The van der Waals surface area contributed by atoms with Crippen LogP contribution in [0.3, 0.4) is 0 Å². The molecule has 2 nitrogen and oxygen atoms in total. The van der Waals surface area contributed by atoms with Crippen molar-refractivity contribution in [3.8, 4) is 0 Å². The van der Waals surface area contributed by atoms with Crippen molar-refractivity contribution in [3.05, 3.63) is 35.4 Å². The summed E-state index contributed by atoms with van der Waals surface area (Å²) in [6.07, 6.45) is 3.47. The van der Waals surface area contributed by atoms with Gasteiger partial charge in [-0.1, -0.05) is 43.2 Å². The summed E-state index contributed by atoms with van der Waals surface area (Å²) in [5.41, 5.74) is 2.69. The van der Waals surface area contributed by atoms with E-state index in [-0.39, 0.29) is 0 Å². The Morgan fingerprint density at radius 1 is 1.22 bits per heavy atom. The molecule has 0 amide bonds. The highest BCUT2D eigenvalue weighted by atomic mass is 16.5. The van der Waals surface area contributed by atoms with Crippen LogP contribution in [0.5, 0.6) is 0 Å². The van der Waals surface area contributed by atoms with Gasteiger partial charge in [0.25, 0.3) is 0 Å². The van der Waals surface area contributed by atoms with E-state index in [1.54, 1.807) is 0 Å². The van der Waals surface area contributed by atoms with Crippen LogP contribution < -0.4 is 5.32 Å². The zero-order chi connectivity index (χ0) is 13.2. The molecule has 0 radical (unpaired) electrons. The largest absolute Gasteiger partial charge is 0.381 e. The van der Waals surface area contributed by atoms with Crippen LogP contribution >= 0.6 is 0 Å². The number of hydrogen-bond donors (Lipinski definition) is 1. The molecular formula is C16H27NO. The van der Waals surface area contributed by atoms with E-state index in [1.165, 1.54) is 24.0 Å². The average molecular weight is 249 g/mol. The third-order valence-electron chi connectivity index (χ3n) is 3.10. The van der Waals surface area contributed by atoms with Gasteiger partial charge < -0.3 is 10.1 Å². The predicted octanol–water partition coefficient (Wildman–Crippen LogP) is 3.85. The fourth-order valence-corrected chi connectivity index (χ4v) is 1.90. The van der Waals surface area contributed by atoms with Gasteiger partial charge in [0.2, 0.25) is 0 Å². The van der Waals surface area contributed by atoms with Crippen molar-refractivity contribution < 1.29 is 4.74 Å². The second kappa shape index (κ2) is 9.12. The topological polar surface area (TPSA) is 21.3 Å². The number of aryl methyl sites for hydroxylation is 1. The van der Waals surface area contributed by atoms with E-state index < -0.39 is 0 Å². The number of rotatable bonds is 9. The molecule has 2 heteroatoms. The smallest absolute Gasteiger partial charge is 0.0478 e. The second-order valence-corrected chi connectivity index (χ2v) is 4.91. The average Bonchev–Trinajstić information content (AvgIpc) is 2.37. The van der Waals surface area contributed by atoms with Gasteiger partial charge in [0.15, 0.2) is 0 Å². The Morgan fingerprint density at radius 2 is 2.00 bits per heavy atom. The minimum Gasteiger partial charge on any atom is -0.381 e. The second-order valence-electron chi connectivity index (χ2n) is 4.91. The molecule has 1 atom stereocenters. The number of unbranched alkanes of at least 4 members (excludes halogenated alkanes) is 1. The Hall–Kier alpha value is -0.860. The predicted molar refractivity (Wildman–Crippen MR) is 77.9 cm³/mol. The molecule has 1 N–H and O–H groups in total. The van der Waals surface area contributed by atoms with Crippen LogP contribution in [0, 0.1) is 6.92 Å². The molecule has 0 saturated heterocycles. The van der Waals surface area contributed by atoms with Crippen molar-refractivity contribution >= 4 is 0 Å². The first-order valence-corrected chi connectivity index (χ1v) is 7.11. The lowest BCUT2D eigenvalue weighted by Gasteiger charge is -2.14. The number of hydrogen-bond acceptors (Lipinski definition) is 2. The van der Waals surface area contributed by atoms with Gasteiger partial charge in [-0.15, -0.1) is 0 Å². The zero-order valence-electron chi connectivity index (χ0n) is 12.0. The van der Waals surface area contributed by atoms with Crippen LogP contribution in [0.15, 0.2) is 24.3 Å². The molecular weight excluding hydrogens is 222 g/mol. The maximum Gasteiger partial charge on any atom is 0.0478 e. The Balaban J connectivity index is 2.12. The molecule has 0 aliphatic rings. The summed E-state index contributed by atoms with van der Waals surface area (Å²) in [5.74, 6) is 0. The summed E-state index contributed by atoms with van der Waals surface area (Å²) in [4.78, 5) is 0. The SMILES string of the molecule is CCCCOCCCNC(C)c1cccc(C)c1. The lowest BCUT2D eigenvalue weighted by molar-refractivity contribution is 0.128. The fourth-order valence-electron chi connectivity index (χ4n) is 1.90. The lowest BCUT2D eigenvalue weighted by Crippen LogP contribution is -2.21. The minimum atomic E-state index is 0.417. The van der Waals surface area contributed by atoms with Gasteiger partial charge in [0.05, 0.1) is 0 Å². The minimum absolute atomic E-state index is 0.417. The van der Waals surface area contributed by atoms with Crippen LogP contribution in [0.25, 0.3) is 0 Å². The van der Waals surface area contributed by atoms with E-state index in [9.17, 15) is 0 Å². The van der Waals surface area contributed by atoms with Crippen LogP contribution in [0.4, 0.5) is 0 Å². The summed E-state index contributed by atoms with van der Waals surface area (Å²) in [6.45, 7) is 9.33. The number of benzene rings is 1. The van der Waals surface area contributed by atoms with Gasteiger partial charge in [-0.3, -0.25) is 0 Å². The molecule has 0 aliphatic heterocycles. The molecule has 0 heterocycles. The van der Waals surface area contributed by atoms with Gasteiger partial charge >= 0.3 is 0 Å². The maximum atomic E-state index is 5.54. The van der Waals surface area contributed by atoms with E-state index in [2.05, 4.69) is 50.4 Å². The summed E-state index contributed by atoms with van der Waals surface area (Å²) < 4.78 is 5.54. The van der Waals surface area contributed by atoms with Gasteiger partial charge in [-0.25, -0.2) is 0 Å². The molecule has 0 saturated carbocycles. The Kier molecular flexibility index (Phi) is 7.70. The molecule has 1 rings (SSSR count). The quantitative estimate of drug-likeness (QED) is 0.671. The number of ether oxygens (including phenoxy) is 1. The van der Waals surface area contributed by atoms with E-state index in [0.29, 0.717) is 6.04 Å². The summed E-state index contributed by atoms with van der Waals surface area (Å²) in [5, 5.41) is 3.54. The van der Waals surface area contributed by atoms with Crippen molar-refractivity contribution in [3.63, 3.8) is 0 Å². The van der Waals surface area contributed by atoms with E-state index in [1.807, 2.05) is 0 Å². The highest BCUT2D eigenvalue weighted by Gasteiger charge is 2.03. The molecule has 1 aromatic carbocycles. The highest BCUT2D eigenvalue weighted by Crippen LogP contribution is 2.13. The first kappa shape index (κ1) is 15.2. The van der Waals surface area contributed by atoms with Gasteiger partial charge in [0.1, 0.15) is 0 Å². The van der Waals surface area contributed by atoms with E-state index >= 15 is 0 Å². The van der Waals surface area contributed by atoms with Crippen LogP contribution in [0.2, 0.25) is 0 Å². The van der Waals surface area contributed by atoms with Gasteiger partial charge in [0, 0.05) is 19.3 Å². The Labute approximate surface area is 112 Å². The first-order valence-electron chi connectivity index (χ1n) is 7.11.